The van der Waals surface area contributed by atoms with Crippen molar-refractivity contribution >= 4 is 52.8 Å². The average molecular weight is 1310 g/mol. The number of rotatable bonds is 38. The molecule has 0 aromatic heterocycles. The van der Waals surface area contributed by atoms with Gasteiger partial charge in [0.05, 0.1) is 57.3 Å². The van der Waals surface area contributed by atoms with Crippen LogP contribution in [0.15, 0.2) is 103 Å². The molecule has 0 saturated carbocycles. The molecular weight excluding hydrogens is 1200 g/mol. The van der Waals surface area contributed by atoms with E-state index in [0.717, 1.165) is 39.8 Å². The number of nitrogens with one attached hydrogen (secondary N) is 2. The summed E-state index contributed by atoms with van der Waals surface area (Å²) in [5.41, 5.74) is 11.9. The number of fused-ring (bicyclic) bond motifs is 3. The third-order valence-electron chi connectivity index (χ3n) is 20.5. The Labute approximate surface area is 565 Å². The standard InChI is InChI=1S/C77H110N6O12/c1-16-50(8)71(68(93-14)44-69(87)82-39-25-33-64(82)74(94-15)52(10)65(84)40-51(9)73(89)54-26-18-17-19-27-54)81(11)76(91)62(48(4)5)42-67(86)72(49(6)7)83(12,13)45-53-34-36-56(37-35-53)80-75(90)55(28-24-38-79-77(78)92)41-66(85)61(47(2)3)43-70(88)95-46-63-59-31-22-20-29-57(59)58-30-21-23-32-60(58)63/h17-23,26-27,29-32,34-37,47-52,55,61-64,68,71-74,89H,16,24-25,28,33,38-46H2,1-15H3,(H3-,78,79,80,90,92)/p+1/t50-,51-,52-,55+,61-,62-,64-,68+,71-,72-,73+,74+/m0/s1. The molecule has 0 bridgehead atoms. The molecule has 520 valence electrons. The van der Waals surface area contributed by atoms with E-state index >= 15 is 4.79 Å². The summed E-state index contributed by atoms with van der Waals surface area (Å²) >= 11 is 0. The van der Waals surface area contributed by atoms with E-state index in [-0.39, 0.29) is 133 Å². The van der Waals surface area contributed by atoms with E-state index in [1.54, 1.807) is 38.3 Å². The summed E-state index contributed by atoms with van der Waals surface area (Å²) in [4.78, 5) is 116. The lowest BCUT2D eigenvalue weighted by Gasteiger charge is -2.42. The van der Waals surface area contributed by atoms with Crippen LogP contribution in [-0.4, -0.2) is 152 Å². The number of quaternary nitrogens is 1. The summed E-state index contributed by atoms with van der Waals surface area (Å²) in [5, 5.41) is 16.6. The van der Waals surface area contributed by atoms with Crippen LogP contribution in [0.1, 0.15) is 168 Å². The Balaban J connectivity index is 1.08. The Morgan fingerprint density at radius 1 is 0.695 bits per heavy atom. The second-order valence-electron chi connectivity index (χ2n) is 28.7. The van der Waals surface area contributed by atoms with Gasteiger partial charge >= 0.3 is 12.0 Å². The number of ketones is 3. The first-order valence-corrected chi connectivity index (χ1v) is 34.6. The summed E-state index contributed by atoms with van der Waals surface area (Å²) in [5.74, 6) is -5.33. The molecule has 18 heteroatoms. The molecule has 1 aliphatic heterocycles. The fourth-order valence-corrected chi connectivity index (χ4v) is 15.1. The number of hydrogen-bond acceptors (Lipinski definition) is 12. The van der Waals surface area contributed by atoms with Gasteiger partial charge in [0.25, 0.3) is 0 Å². The third kappa shape index (κ3) is 20.2. The van der Waals surface area contributed by atoms with Crippen molar-refractivity contribution in [3.63, 3.8) is 0 Å². The van der Waals surface area contributed by atoms with Gasteiger partial charge in [0.1, 0.15) is 24.7 Å². The van der Waals surface area contributed by atoms with Crippen molar-refractivity contribution in [3.8, 4) is 11.1 Å². The van der Waals surface area contributed by atoms with Crippen LogP contribution in [0.4, 0.5) is 10.5 Å². The quantitative estimate of drug-likeness (QED) is 0.0186. The minimum Gasteiger partial charge on any atom is -0.465 e. The number of benzene rings is 4. The number of ether oxygens (including phenoxy) is 3. The molecule has 6 rings (SSSR count). The molecule has 4 aromatic rings. The molecule has 0 radical (unpaired) electrons. The summed E-state index contributed by atoms with van der Waals surface area (Å²) in [6, 6.07) is 30.8. The van der Waals surface area contributed by atoms with Crippen molar-refractivity contribution in [3.05, 3.63) is 125 Å². The van der Waals surface area contributed by atoms with Gasteiger partial charge in [-0.05, 0) is 89.3 Å². The molecule has 18 nitrogen and oxygen atoms in total. The fourth-order valence-electron chi connectivity index (χ4n) is 15.1. The van der Waals surface area contributed by atoms with Crippen LogP contribution in [0.2, 0.25) is 0 Å². The van der Waals surface area contributed by atoms with Gasteiger partial charge in [0.15, 0.2) is 11.8 Å². The first kappa shape index (κ1) is 76.9. The van der Waals surface area contributed by atoms with Gasteiger partial charge in [0.2, 0.25) is 17.7 Å². The molecule has 95 heavy (non-hydrogen) atoms. The van der Waals surface area contributed by atoms with Crippen LogP contribution < -0.4 is 16.4 Å². The predicted molar refractivity (Wildman–Crippen MR) is 371 cm³/mol. The van der Waals surface area contributed by atoms with Gasteiger partial charge in [-0.15, -0.1) is 0 Å². The molecule has 4 aromatic carbocycles. The lowest BCUT2D eigenvalue weighted by Crippen LogP contribution is -2.56. The first-order chi connectivity index (χ1) is 45.0. The number of primary amides is 1. The van der Waals surface area contributed by atoms with Crippen molar-refractivity contribution in [2.75, 3.05) is 60.4 Å². The molecule has 0 spiro atoms. The van der Waals surface area contributed by atoms with Gasteiger partial charge in [-0.3, -0.25) is 33.6 Å². The molecular formula is C77H111N6O12+. The summed E-state index contributed by atoms with van der Waals surface area (Å²) < 4.78 is 18.4. The van der Waals surface area contributed by atoms with E-state index in [1.165, 1.54) is 0 Å². The van der Waals surface area contributed by atoms with E-state index in [0.29, 0.717) is 38.0 Å². The molecule has 12 atom stereocenters. The maximum atomic E-state index is 15.1. The molecule has 0 unspecified atom stereocenters. The second-order valence-corrected chi connectivity index (χ2v) is 28.7. The number of amides is 5. The highest BCUT2D eigenvalue weighted by molar-refractivity contribution is 5.96. The Morgan fingerprint density at radius 2 is 1.29 bits per heavy atom. The number of carbonyl (C=O) groups is 8. The van der Waals surface area contributed by atoms with E-state index < -0.39 is 66.1 Å². The smallest absolute Gasteiger partial charge is 0.312 e. The number of esters is 1. The Kier molecular flexibility index (Phi) is 28.9. The van der Waals surface area contributed by atoms with Crippen molar-refractivity contribution in [2.24, 2.45) is 59.0 Å². The molecule has 1 fully saturated rings. The number of methoxy groups -OCH3 is 2. The number of anilines is 1. The van der Waals surface area contributed by atoms with Gasteiger partial charge in [-0.1, -0.05) is 167 Å². The van der Waals surface area contributed by atoms with Crippen LogP contribution in [0.3, 0.4) is 0 Å². The number of hydrogen-bond donors (Lipinski definition) is 4. The van der Waals surface area contributed by atoms with Crippen LogP contribution >= 0.6 is 0 Å². The molecule has 1 saturated heterocycles. The Bertz CT molecular complexity index is 3160. The third-order valence-corrected chi connectivity index (χ3v) is 20.5. The number of urea groups is 1. The molecule has 1 heterocycles. The van der Waals surface area contributed by atoms with E-state index in [4.69, 9.17) is 19.9 Å². The number of likely N-dealkylation sites (tertiary alicyclic amines) is 1. The van der Waals surface area contributed by atoms with Gasteiger partial charge < -0.3 is 50.0 Å². The second kappa shape index (κ2) is 35.7. The normalized spacial score (nSPS) is 17.5. The topological polar surface area (TPSA) is 241 Å². The minimum absolute atomic E-state index is 0.00445. The van der Waals surface area contributed by atoms with Crippen molar-refractivity contribution < 1.29 is 62.2 Å². The summed E-state index contributed by atoms with van der Waals surface area (Å²) in [6.45, 7) is 20.8. The SMILES string of the molecule is CC[C@H](C)[C@@H]([C@@H](CC(=O)N1CCC[C@H]1[C@H](OC)[C@@H](C)C(=O)C[C@H](C)[C@@H](O)c1ccccc1)OC)N(C)C(=O)[C@@H](CC(=O)[C@H](C(C)C)[N+](C)(C)Cc1ccc(NC(=O)[C@H](CCCNC(N)=O)CC(=O)[C@@H](CC(=O)OCC2c3ccccc3-c3ccccc32)C(C)C)cc1)C(C)C. The highest BCUT2D eigenvalue weighted by Crippen LogP contribution is 2.45. The highest BCUT2D eigenvalue weighted by Gasteiger charge is 2.45. The van der Waals surface area contributed by atoms with Gasteiger partial charge in [-0.2, -0.15) is 0 Å². The van der Waals surface area contributed by atoms with Crippen molar-refractivity contribution in [1.29, 1.82) is 0 Å². The minimum atomic E-state index is -0.807. The maximum absolute atomic E-state index is 15.1. The molecule has 1 aliphatic carbocycles. The van der Waals surface area contributed by atoms with Crippen molar-refractivity contribution in [1.82, 2.24) is 15.1 Å². The zero-order chi connectivity index (χ0) is 70.0. The Morgan fingerprint density at radius 3 is 1.85 bits per heavy atom. The van der Waals surface area contributed by atoms with E-state index in [2.05, 4.69) is 41.8 Å². The predicted octanol–water partition coefficient (Wildman–Crippen LogP) is 11.7. The largest absolute Gasteiger partial charge is 0.465 e. The van der Waals surface area contributed by atoms with Crippen LogP contribution in [-0.2, 0) is 54.3 Å². The average Bonchev–Trinajstić information content (AvgIpc) is 1.65. The number of nitrogens with two attached hydrogens (primary N) is 1. The zero-order valence-electron chi connectivity index (χ0n) is 59.3. The lowest BCUT2D eigenvalue weighted by molar-refractivity contribution is -0.922. The van der Waals surface area contributed by atoms with E-state index in [1.807, 2.05) is 148 Å². The molecule has 2 aliphatic rings. The van der Waals surface area contributed by atoms with E-state index in [9.17, 15) is 38.7 Å². The Hall–Kier alpha value is -7.12. The lowest BCUT2D eigenvalue weighted by atomic mass is 9.83. The number of likely N-dealkylation sites (N-methyl/N-ethyl adjacent to an activating group) is 2. The first-order valence-electron chi connectivity index (χ1n) is 34.6. The maximum Gasteiger partial charge on any atom is 0.312 e. The number of nitrogens with zero attached hydrogens (tertiary/aromatic N) is 3. The number of aliphatic hydroxyl groups excluding tert-OH is 1. The number of aliphatic hydroxyl groups is 1. The summed E-state index contributed by atoms with van der Waals surface area (Å²) in [7, 11) is 8.93. The van der Waals surface area contributed by atoms with Crippen LogP contribution in [0.5, 0.6) is 0 Å². The zero-order valence-corrected chi connectivity index (χ0v) is 59.3. The molecule has 5 amide bonds. The number of Topliss-reactive ketones (excluding diaryl/α,β-unsaturated/α-hetero) is 3. The number of carbonyl (C=O) groups excluding carboxylic acids is 8. The van der Waals surface area contributed by atoms with Crippen molar-refractivity contribution in [2.45, 2.75) is 182 Å². The highest BCUT2D eigenvalue weighted by atomic mass is 16.5. The van der Waals surface area contributed by atoms with Gasteiger partial charge in [-0.25, -0.2) is 4.79 Å². The molecule has 5 N–H and O–H groups in total. The summed E-state index contributed by atoms with van der Waals surface area (Å²) in [6.07, 6.45) is 0.544. The van der Waals surface area contributed by atoms with Crippen LogP contribution in [0.25, 0.3) is 11.1 Å². The van der Waals surface area contributed by atoms with Crippen LogP contribution in [0, 0.1) is 53.3 Å². The van der Waals surface area contributed by atoms with Gasteiger partial charge in [0, 0.05) is 100 Å². The monoisotopic (exact) mass is 1310 g/mol. The fraction of sp³-hybridized carbons (Fsp3) is 0.584.